The fraction of sp³-hybridized carbons (Fsp3) is 0.357. The van der Waals surface area contributed by atoms with Gasteiger partial charge < -0.3 is 11.1 Å². The molecule has 8 heteroatoms. The summed E-state index contributed by atoms with van der Waals surface area (Å²) in [6.45, 7) is 1.87. The maximum atomic E-state index is 11.5. The van der Waals surface area contributed by atoms with Gasteiger partial charge in [0.1, 0.15) is 5.82 Å². The smallest absolute Gasteiger partial charge is 0.252 e. The minimum Gasteiger partial charge on any atom is -0.365 e. The third-order valence-corrected chi connectivity index (χ3v) is 3.83. The minimum absolute atomic E-state index is 0.0297. The van der Waals surface area contributed by atoms with E-state index in [0.29, 0.717) is 5.82 Å². The van der Waals surface area contributed by atoms with Gasteiger partial charge in [0.15, 0.2) is 11.0 Å². The van der Waals surface area contributed by atoms with E-state index < -0.39 is 5.91 Å². The number of halogens is 1. The van der Waals surface area contributed by atoms with E-state index in [1.807, 2.05) is 13.1 Å². The Morgan fingerprint density at radius 2 is 2.27 bits per heavy atom. The van der Waals surface area contributed by atoms with Crippen molar-refractivity contribution in [3.8, 4) is 0 Å². The summed E-state index contributed by atoms with van der Waals surface area (Å²) in [4.78, 5) is 20.3. The van der Waals surface area contributed by atoms with E-state index in [9.17, 15) is 4.79 Å². The van der Waals surface area contributed by atoms with E-state index in [-0.39, 0.29) is 16.8 Å². The molecule has 0 fully saturated rings. The predicted octanol–water partition coefficient (Wildman–Crippen LogP) is 1.82. The molecular formula is C14H15ClN6O. The second-order valence-corrected chi connectivity index (χ2v) is 5.59. The molecule has 1 unspecified atom stereocenters. The Balaban J connectivity index is 1.94. The van der Waals surface area contributed by atoms with E-state index >= 15 is 0 Å². The molecule has 0 bridgehead atoms. The largest absolute Gasteiger partial charge is 0.365 e. The van der Waals surface area contributed by atoms with E-state index in [0.717, 1.165) is 36.3 Å². The molecule has 0 aromatic carbocycles. The number of aryl methyl sites for hydroxylation is 2. The molecule has 0 aliphatic heterocycles. The van der Waals surface area contributed by atoms with Gasteiger partial charge in [-0.1, -0.05) is 11.6 Å². The zero-order chi connectivity index (χ0) is 15.7. The molecule has 2 aromatic heterocycles. The maximum Gasteiger partial charge on any atom is 0.252 e. The fourth-order valence-corrected chi connectivity index (χ4v) is 2.77. The van der Waals surface area contributed by atoms with Gasteiger partial charge in [-0.15, -0.1) is 10.2 Å². The van der Waals surface area contributed by atoms with Crippen LogP contribution in [0.5, 0.6) is 0 Å². The lowest BCUT2D eigenvalue weighted by atomic mass is 9.92. The molecule has 114 valence electrons. The average Bonchev–Trinajstić information content (AvgIpc) is 2.48. The highest BCUT2D eigenvalue weighted by molar-refractivity contribution is 6.29. The summed E-state index contributed by atoms with van der Waals surface area (Å²) in [6.07, 6.45) is 4.63. The monoisotopic (exact) mass is 318 g/mol. The maximum absolute atomic E-state index is 11.5. The van der Waals surface area contributed by atoms with Crippen LogP contribution in [-0.2, 0) is 6.42 Å². The lowest BCUT2D eigenvalue weighted by Gasteiger charge is -2.26. The lowest BCUT2D eigenvalue weighted by molar-refractivity contribution is 0.100. The van der Waals surface area contributed by atoms with Crippen LogP contribution < -0.4 is 11.1 Å². The quantitative estimate of drug-likeness (QED) is 0.894. The number of aromatic nitrogens is 4. The molecular weight excluding hydrogens is 304 g/mol. The Bertz CT molecular complexity index is 735. The van der Waals surface area contributed by atoms with Gasteiger partial charge in [-0.05, 0) is 32.3 Å². The number of carbonyl (C=O) groups is 1. The van der Waals surface area contributed by atoms with Crippen LogP contribution in [0.4, 0.5) is 5.82 Å². The van der Waals surface area contributed by atoms with Crippen LogP contribution in [-0.4, -0.2) is 26.1 Å². The molecule has 0 saturated carbocycles. The van der Waals surface area contributed by atoms with Crippen molar-refractivity contribution in [2.45, 2.75) is 32.2 Å². The molecule has 3 N–H and O–H groups in total. The molecule has 1 aliphatic rings. The number of nitrogens with one attached hydrogen (secondary N) is 1. The molecule has 1 aliphatic carbocycles. The standard InChI is InChI=1S/C14H15ClN6O/c1-7-17-6-9-10(18-7)3-2-4-11(9)19-14-8(13(16)22)5-12(15)20-21-14/h5-6,11H,2-4H2,1H3,(H2,16,22)(H,19,21). The third kappa shape index (κ3) is 2.85. The molecule has 1 atom stereocenters. The Hall–Kier alpha value is -2.28. The first-order valence-corrected chi connectivity index (χ1v) is 7.34. The van der Waals surface area contributed by atoms with Gasteiger partial charge in [0.2, 0.25) is 0 Å². The Morgan fingerprint density at radius 3 is 3.05 bits per heavy atom. The molecule has 7 nitrogen and oxygen atoms in total. The number of primary amides is 1. The van der Waals surface area contributed by atoms with Gasteiger partial charge in [-0.3, -0.25) is 4.79 Å². The zero-order valence-corrected chi connectivity index (χ0v) is 12.8. The van der Waals surface area contributed by atoms with Gasteiger partial charge in [-0.25, -0.2) is 9.97 Å². The van der Waals surface area contributed by atoms with Crippen LogP contribution in [0.1, 0.15) is 46.3 Å². The first-order chi connectivity index (χ1) is 10.5. The number of fused-ring (bicyclic) bond motifs is 1. The van der Waals surface area contributed by atoms with Crippen LogP contribution in [0.25, 0.3) is 0 Å². The molecule has 3 rings (SSSR count). The van der Waals surface area contributed by atoms with Crippen molar-refractivity contribution in [3.05, 3.63) is 40.1 Å². The highest BCUT2D eigenvalue weighted by Gasteiger charge is 2.24. The minimum atomic E-state index is -0.601. The van der Waals surface area contributed by atoms with Crippen molar-refractivity contribution >= 4 is 23.3 Å². The van der Waals surface area contributed by atoms with Gasteiger partial charge in [0.25, 0.3) is 5.91 Å². The number of hydrogen-bond acceptors (Lipinski definition) is 6. The van der Waals surface area contributed by atoms with Crippen molar-refractivity contribution in [2.75, 3.05) is 5.32 Å². The number of amides is 1. The topological polar surface area (TPSA) is 107 Å². The zero-order valence-electron chi connectivity index (χ0n) is 12.0. The van der Waals surface area contributed by atoms with E-state index in [1.54, 1.807) is 0 Å². The number of rotatable bonds is 3. The van der Waals surface area contributed by atoms with Gasteiger partial charge >= 0.3 is 0 Å². The average molecular weight is 319 g/mol. The number of anilines is 1. The predicted molar refractivity (Wildman–Crippen MR) is 81.6 cm³/mol. The summed E-state index contributed by atoms with van der Waals surface area (Å²) in [6, 6.07) is 1.38. The van der Waals surface area contributed by atoms with E-state index in [4.69, 9.17) is 17.3 Å². The SMILES string of the molecule is Cc1ncc2c(n1)CCCC2Nc1nnc(Cl)cc1C(N)=O. The van der Waals surface area contributed by atoms with Crippen molar-refractivity contribution < 1.29 is 4.79 Å². The number of nitrogens with zero attached hydrogens (tertiary/aromatic N) is 4. The molecule has 22 heavy (non-hydrogen) atoms. The number of carbonyl (C=O) groups excluding carboxylic acids is 1. The van der Waals surface area contributed by atoms with Gasteiger partial charge in [0.05, 0.1) is 11.6 Å². The van der Waals surface area contributed by atoms with Crippen LogP contribution in [0.15, 0.2) is 12.3 Å². The summed E-state index contributed by atoms with van der Waals surface area (Å²) in [5, 5.41) is 11.1. The van der Waals surface area contributed by atoms with Crippen molar-refractivity contribution in [3.63, 3.8) is 0 Å². The van der Waals surface area contributed by atoms with E-state index in [2.05, 4.69) is 25.5 Å². The van der Waals surface area contributed by atoms with Crippen LogP contribution in [0.2, 0.25) is 5.15 Å². The van der Waals surface area contributed by atoms with Crippen LogP contribution in [0, 0.1) is 6.92 Å². The molecule has 0 saturated heterocycles. The Labute approximate surface area is 132 Å². The number of hydrogen-bond donors (Lipinski definition) is 2. The van der Waals surface area contributed by atoms with E-state index in [1.165, 1.54) is 6.07 Å². The summed E-state index contributed by atoms with van der Waals surface area (Å²) < 4.78 is 0. The molecule has 2 aromatic rings. The molecule has 0 spiro atoms. The lowest BCUT2D eigenvalue weighted by Crippen LogP contribution is -2.23. The number of nitrogens with two attached hydrogens (primary N) is 1. The van der Waals surface area contributed by atoms with Gasteiger partial charge in [-0.2, -0.15) is 0 Å². The Morgan fingerprint density at radius 1 is 1.45 bits per heavy atom. The summed E-state index contributed by atoms with van der Waals surface area (Å²) in [5.41, 5.74) is 7.64. The Kier molecular flexibility index (Phi) is 3.89. The van der Waals surface area contributed by atoms with Crippen molar-refractivity contribution in [1.82, 2.24) is 20.2 Å². The molecule has 0 radical (unpaired) electrons. The van der Waals surface area contributed by atoms with Crippen molar-refractivity contribution in [1.29, 1.82) is 0 Å². The summed E-state index contributed by atoms with van der Waals surface area (Å²) in [7, 11) is 0. The summed E-state index contributed by atoms with van der Waals surface area (Å²) >= 11 is 5.77. The second-order valence-electron chi connectivity index (χ2n) is 5.20. The van der Waals surface area contributed by atoms with Crippen LogP contribution >= 0.6 is 11.6 Å². The first kappa shape index (κ1) is 14.6. The summed E-state index contributed by atoms with van der Waals surface area (Å²) in [5.74, 6) is 0.481. The van der Waals surface area contributed by atoms with Crippen molar-refractivity contribution in [2.24, 2.45) is 5.73 Å². The first-order valence-electron chi connectivity index (χ1n) is 6.96. The fourth-order valence-electron chi connectivity index (χ4n) is 2.62. The van der Waals surface area contributed by atoms with Gasteiger partial charge in [0, 0.05) is 17.5 Å². The molecule has 2 heterocycles. The normalized spacial score (nSPS) is 16.9. The molecule has 1 amide bonds. The van der Waals surface area contributed by atoms with Crippen LogP contribution in [0.3, 0.4) is 0 Å². The highest BCUT2D eigenvalue weighted by Crippen LogP contribution is 2.31. The second kappa shape index (κ2) is 5.84. The third-order valence-electron chi connectivity index (χ3n) is 3.64. The highest BCUT2D eigenvalue weighted by atomic mass is 35.5.